The van der Waals surface area contributed by atoms with Gasteiger partial charge in [0.15, 0.2) is 0 Å². The Morgan fingerprint density at radius 3 is 2.26 bits per heavy atom. The quantitative estimate of drug-likeness (QED) is 0.438. The van der Waals surface area contributed by atoms with Crippen molar-refractivity contribution in [1.29, 1.82) is 0 Å². The third-order valence-electron chi connectivity index (χ3n) is 4.87. The number of carbonyl (C=O) groups is 1. The van der Waals surface area contributed by atoms with E-state index >= 15 is 0 Å². The predicted octanol–water partition coefficient (Wildman–Crippen LogP) is 3.60. The number of aliphatic hydroxyl groups is 1. The van der Waals surface area contributed by atoms with Gasteiger partial charge in [-0.1, -0.05) is 12.1 Å². The van der Waals surface area contributed by atoms with E-state index in [0.717, 1.165) is 12.1 Å². The van der Waals surface area contributed by atoms with Crippen LogP contribution in [0.4, 0.5) is 22.4 Å². The highest BCUT2D eigenvalue weighted by molar-refractivity contribution is 7.89. The molecule has 188 valence electrons. The zero-order valence-corrected chi connectivity index (χ0v) is 18.8. The van der Waals surface area contributed by atoms with Crippen LogP contribution in [0.3, 0.4) is 0 Å². The Balaban J connectivity index is 2.00. The Labute approximate surface area is 196 Å². The maximum Gasteiger partial charge on any atom is 0.421 e. The lowest BCUT2D eigenvalue weighted by Gasteiger charge is -2.20. The summed E-state index contributed by atoms with van der Waals surface area (Å²) in [5.74, 6) is -0.564. The summed E-state index contributed by atoms with van der Waals surface area (Å²) in [6.07, 6.45) is -6.85. The Morgan fingerprint density at radius 2 is 1.74 bits per heavy atom. The van der Waals surface area contributed by atoms with Crippen LogP contribution in [-0.4, -0.2) is 45.9 Å². The van der Waals surface area contributed by atoms with Gasteiger partial charge in [-0.3, -0.25) is 0 Å². The Morgan fingerprint density at radius 1 is 1.14 bits per heavy atom. The molecule has 35 heavy (non-hydrogen) atoms. The summed E-state index contributed by atoms with van der Waals surface area (Å²) in [4.78, 5) is 11.2. The van der Waals surface area contributed by atoms with E-state index in [1.807, 2.05) is 0 Å². The molecule has 0 aliphatic carbocycles. The average Bonchev–Trinajstić information content (AvgIpc) is 3.19. The highest BCUT2D eigenvalue weighted by Gasteiger charge is 2.34. The lowest BCUT2D eigenvalue weighted by molar-refractivity contribution is -0.137. The second-order valence-corrected chi connectivity index (χ2v) is 9.13. The van der Waals surface area contributed by atoms with E-state index in [1.54, 1.807) is 0 Å². The van der Waals surface area contributed by atoms with Gasteiger partial charge in [0.2, 0.25) is 0 Å². The smallest absolute Gasteiger partial charge is 0.421 e. The molecule has 3 aromatic rings. The maximum absolute atomic E-state index is 13.3. The van der Waals surface area contributed by atoms with Crippen molar-refractivity contribution in [2.24, 2.45) is 0 Å². The van der Waals surface area contributed by atoms with Gasteiger partial charge in [-0.15, -0.1) is 0 Å². The lowest BCUT2D eigenvalue weighted by Crippen LogP contribution is -2.35. The largest absolute Gasteiger partial charge is 0.464 e. The molecule has 2 aromatic carbocycles. The van der Waals surface area contributed by atoms with Gasteiger partial charge in [0.05, 0.1) is 17.0 Å². The molecule has 1 heterocycles. The number of benzene rings is 2. The molecule has 9 nitrogen and oxygen atoms in total. The minimum absolute atomic E-state index is 0.0185. The molecule has 0 bridgehead atoms. The number of aromatic nitrogens is 2. The van der Waals surface area contributed by atoms with Crippen molar-refractivity contribution in [2.75, 3.05) is 7.11 Å². The first-order valence-electron chi connectivity index (χ1n) is 9.76. The van der Waals surface area contributed by atoms with Gasteiger partial charge >= 0.3 is 12.3 Å². The van der Waals surface area contributed by atoms with Crippen LogP contribution in [0.15, 0.2) is 59.6 Å². The van der Waals surface area contributed by atoms with Gasteiger partial charge in [-0.05, 0) is 42.0 Å². The summed E-state index contributed by atoms with van der Waals surface area (Å²) in [6, 6.07) is 7.06. The first-order chi connectivity index (χ1) is 16.3. The van der Waals surface area contributed by atoms with Crippen LogP contribution < -0.4 is 0 Å². The number of methoxy groups -OCH3 is 1. The summed E-state index contributed by atoms with van der Waals surface area (Å²) in [5.41, 5.74) is -1.06. The fourth-order valence-electron chi connectivity index (χ4n) is 3.18. The summed E-state index contributed by atoms with van der Waals surface area (Å²) in [5, 5.41) is 24.5. The van der Waals surface area contributed by atoms with E-state index in [2.05, 4.69) is 5.10 Å². The molecule has 0 saturated heterocycles. The van der Waals surface area contributed by atoms with Crippen molar-refractivity contribution in [3.05, 3.63) is 82.9 Å². The lowest BCUT2D eigenvalue weighted by atomic mass is 10.0. The fraction of sp³-hybridized carbons (Fsp3) is 0.238. The van der Waals surface area contributed by atoms with Crippen LogP contribution >= 0.6 is 0 Å². The minimum atomic E-state index is -4.81. The van der Waals surface area contributed by atoms with Gasteiger partial charge in [0.1, 0.15) is 24.3 Å². The molecule has 1 aromatic heterocycles. The topological polar surface area (TPSA) is 122 Å². The normalized spacial score (nSPS) is 13.0. The number of carboxylic acid groups (broad SMARTS) is 1. The standard InChI is InChI=1S/C21H19F4N3O6S/c1-34-12-27-10-14(18(26-27)19(29)13-2-6-16(22)7-3-13)11-28(20(30)31)35(32,33)17-8-4-15(5-9-17)21(23,24)25/h2-10,19,29H,11-12H2,1H3,(H,30,31). The number of hydrogen-bond donors (Lipinski definition) is 2. The SMILES string of the molecule is COCn1cc(CN(C(=O)O)S(=O)(=O)c2ccc(C(F)(F)F)cc2)c(C(O)c2ccc(F)cc2)n1. The minimum Gasteiger partial charge on any atom is -0.464 e. The molecule has 1 atom stereocenters. The van der Waals surface area contributed by atoms with Crippen molar-refractivity contribution in [3.8, 4) is 0 Å². The fourth-order valence-corrected chi connectivity index (χ4v) is 4.43. The van der Waals surface area contributed by atoms with Crippen LogP contribution in [0, 0.1) is 5.82 Å². The summed E-state index contributed by atoms with van der Waals surface area (Å²) in [7, 11) is -3.47. The van der Waals surface area contributed by atoms with E-state index in [1.165, 1.54) is 30.1 Å². The number of sulfonamides is 1. The zero-order valence-electron chi connectivity index (χ0n) is 18.0. The van der Waals surface area contributed by atoms with Gasteiger partial charge < -0.3 is 14.9 Å². The number of hydrogen-bond acceptors (Lipinski definition) is 6. The Hall–Kier alpha value is -3.49. The second-order valence-electron chi connectivity index (χ2n) is 7.27. The number of nitrogens with zero attached hydrogens (tertiary/aromatic N) is 3. The number of ether oxygens (including phenoxy) is 1. The number of aliphatic hydroxyl groups excluding tert-OH is 1. The number of alkyl halides is 3. The first-order valence-corrected chi connectivity index (χ1v) is 11.2. The molecule has 3 rings (SSSR count). The van der Waals surface area contributed by atoms with Gasteiger partial charge in [0, 0.05) is 18.9 Å². The molecule has 0 fully saturated rings. The molecule has 0 radical (unpaired) electrons. The van der Waals surface area contributed by atoms with Crippen molar-refractivity contribution in [3.63, 3.8) is 0 Å². The van der Waals surface area contributed by atoms with Crippen LogP contribution in [0.5, 0.6) is 0 Å². The molecule has 1 amide bonds. The van der Waals surface area contributed by atoms with E-state index in [-0.39, 0.29) is 27.9 Å². The Kier molecular flexibility index (Phi) is 7.47. The summed E-state index contributed by atoms with van der Waals surface area (Å²) in [6.45, 7) is -0.947. The molecule has 14 heteroatoms. The molecule has 1 unspecified atom stereocenters. The monoisotopic (exact) mass is 517 g/mol. The molecule has 2 N–H and O–H groups in total. The molecule has 0 spiro atoms. The van der Waals surface area contributed by atoms with Crippen molar-refractivity contribution >= 4 is 16.1 Å². The molecular formula is C21H19F4N3O6S. The highest BCUT2D eigenvalue weighted by Crippen LogP contribution is 2.31. The summed E-state index contributed by atoms with van der Waals surface area (Å²) >= 11 is 0. The third kappa shape index (κ3) is 5.78. The van der Waals surface area contributed by atoms with E-state index < -0.39 is 51.2 Å². The van der Waals surface area contributed by atoms with Gasteiger partial charge in [-0.25, -0.2) is 22.3 Å². The molecule has 0 aliphatic heterocycles. The van der Waals surface area contributed by atoms with E-state index in [0.29, 0.717) is 24.3 Å². The first kappa shape index (κ1) is 26.1. The van der Waals surface area contributed by atoms with Gasteiger partial charge in [-0.2, -0.15) is 22.6 Å². The van der Waals surface area contributed by atoms with Crippen LogP contribution in [0.1, 0.15) is 28.5 Å². The highest BCUT2D eigenvalue weighted by atomic mass is 32.2. The van der Waals surface area contributed by atoms with Gasteiger partial charge in [0.25, 0.3) is 10.0 Å². The van der Waals surface area contributed by atoms with Crippen LogP contribution in [-0.2, 0) is 34.2 Å². The Bertz CT molecular complexity index is 1290. The van der Waals surface area contributed by atoms with Crippen molar-refractivity contribution in [2.45, 2.75) is 30.5 Å². The zero-order chi connectivity index (χ0) is 26.0. The predicted molar refractivity (Wildman–Crippen MR) is 112 cm³/mol. The second kappa shape index (κ2) is 10.0. The molecular weight excluding hydrogens is 498 g/mol. The van der Waals surface area contributed by atoms with Crippen LogP contribution in [0.2, 0.25) is 0 Å². The van der Waals surface area contributed by atoms with Crippen molar-refractivity contribution < 1.29 is 45.7 Å². The number of rotatable bonds is 8. The van der Waals surface area contributed by atoms with Crippen LogP contribution in [0.25, 0.3) is 0 Å². The number of amides is 1. The number of halogens is 4. The average molecular weight is 517 g/mol. The van der Waals surface area contributed by atoms with E-state index in [4.69, 9.17) is 4.74 Å². The third-order valence-corrected chi connectivity index (χ3v) is 6.61. The molecule has 0 saturated carbocycles. The molecule has 0 aliphatic rings. The summed E-state index contributed by atoms with van der Waals surface area (Å²) < 4.78 is 83.8. The van der Waals surface area contributed by atoms with Crippen molar-refractivity contribution in [1.82, 2.24) is 14.1 Å². The maximum atomic E-state index is 13.3. The van der Waals surface area contributed by atoms with E-state index in [9.17, 15) is 41.0 Å².